The van der Waals surface area contributed by atoms with Crippen molar-refractivity contribution in [1.82, 2.24) is 9.97 Å². The van der Waals surface area contributed by atoms with Gasteiger partial charge >= 0.3 is 0 Å². The Morgan fingerprint density at radius 3 is 2.95 bits per heavy atom. The first-order valence-electron chi connectivity index (χ1n) is 6.95. The molecule has 1 N–H and O–H groups in total. The molecule has 2 aliphatic rings. The van der Waals surface area contributed by atoms with E-state index < -0.39 is 6.10 Å². The lowest BCUT2D eigenvalue weighted by atomic mass is 9.79. The molecule has 104 valence electrons. The molecule has 0 saturated carbocycles. The first-order valence-corrected chi connectivity index (χ1v) is 8.10. The summed E-state index contributed by atoms with van der Waals surface area (Å²) in [4.78, 5) is 8.28. The minimum Gasteiger partial charge on any atom is -0.386 e. The standard InChI is InChI=1S/C14H20N2O2S/c17-13(12-10-15-4-5-16-12)11-1-6-18-14(9-11)2-7-19-8-3-14/h4-5,10-11,13,17H,1-3,6-9H2. The van der Waals surface area contributed by atoms with Gasteiger partial charge in [-0.1, -0.05) is 0 Å². The molecule has 19 heavy (non-hydrogen) atoms. The fourth-order valence-corrected chi connectivity index (χ4v) is 4.37. The SMILES string of the molecule is OC(c1cnccn1)C1CCOC2(CCSCC2)C1. The zero-order valence-corrected chi connectivity index (χ0v) is 11.8. The summed E-state index contributed by atoms with van der Waals surface area (Å²) in [6.07, 6.45) is 8.53. The minimum absolute atomic E-state index is 0.0113. The predicted octanol–water partition coefficient (Wildman–Crippen LogP) is 2.20. The highest BCUT2D eigenvalue weighted by Crippen LogP contribution is 2.43. The van der Waals surface area contributed by atoms with Crippen LogP contribution in [0, 0.1) is 5.92 Å². The summed E-state index contributed by atoms with van der Waals surface area (Å²) in [5, 5.41) is 10.5. The lowest BCUT2D eigenvalue weighted by Gasteiger charge is -2.44. The van der Waals surface area contributed by atoms with Crippen molar-refractivity contribution in [2.24, 2.45) is 5.92 Å². The van der Waals surface area contributed by atoms with E-state index in [1.165, 1.54) is 11.5 Å². The summed E-state index contributed by atoms with van der Waals surface area (Å²) in [6, 6.07) is 0. The topological polar surface area (TPSA) is 55.2 Å². The number of aliphatic hydroxyl groups excluding tert-OH is 1. The van der Waals surface area contributed by atoms with Gasteiger partial charge in [0.2, 0.25) is 0 Å². The first-order chi connectivity index (χ1) is 9.29. The molecule has 0 amide bonds. The summed E-state index contributed by atoms with van der Waals surface area (Å²) in [7, 11) is 0. The number of aromatic nitrogens is 2. The first kappa shape index (κ1) is 13.3. The average Bonchev–Trinajstić information content (AvgIpc) is 2.48. The van der Waals surface area contributed by atoms with E-state index in [4.69, 9.17) is 4.74 Å². The molecule has 1 aromatic heterocycles. The monoisotopic (exact) mass is 280 g/mol. The predicted molar refractivity (Wildman–Crippen MR) is 75.0 cm³/mol. The van der Waals surface area contributed by atoms with E-state index in [9.17, 15) is 5.11 Å². The van der Waals surface area contributed by atoms with Crippen molar-refractivity contribution < 1.29 is 9.84 Å². The Morgan fingerprint density at radius 2 is 2.21 bits per heavy atom. The second kappa shape index (κ2) is 5.77. The molecule has 1 spiro atoms. The maximum atomic E-state index is 10.5. The van der Waals surface area contributed by atoms with E-state index in [-0.39, 0.29) is 11.5 Å². The summed E-state index contributed by atoms with van der Waals surface area (Å²) in [6.45, 7) is 0.757. The van der Waals surface area contributed by atoms with Gasteiger partial charge in [-0.05, 0) is 43.1 Å². The van der Waals surface area contributed by atoms with Gasteiger partial charge < -0.3 is 9.84 Å². The zero-order chi connectivity index (χ0) is 13.1. The number of hydrogen-bond acceptors (Lipinski definition) is 5. The van der Waals surface area contributed by atoms with Crippen LogP contribution in [0.2, 0.25) is 0 Å². The van der Waals surface area contributed by atoms with Gasteiger partial charge in [0.25, 0.3) is 0 Å². The molecule has 0 radical (unpaired) electrons. The van der Waals surface area contributed by atoms with Crippen molar-refractivity contribution in [3.63, 3.8) is 0 Å². The molecule has 3 rings (SSSR count). The number of nitrogens with zero attached hydrogens (tertiary/aromatic N) is 2. The third-order valence-electron chi connectivity index (χ3n) is 4.27. The minimum atomic E-state index is -0.510. The Kier molecular flexibility index (Phi) is 4.05. The molecule has 2 aliphatic heterocycles. The van der Waals surface area contributed by atoms with Crippen LogP contribution in [-0.4, -0.2) is 38.8 Å². The number of hydrogen-bond donors (Lipinski definition) is 1. The molecule has 1 aromatic rings. The van der Waals surface area contributed by atoms with Crippen molar-refractivity contribution >= 4 is 11.8 Å². The van der Waals surface area contributed by atoms with E-state index in [1.807, 2.05) is 11.8 Å². The van der Waals surface area contributed by atoms with Crippen LogP contribution in [0.5, 0.6) is 0 Å². The Balaban J connectivity index is 1.71. The molecule has 2 saturated heterocycles. The molecule has 4 nitrogen and oxygen atoms in total. The second-order valence-electron chi connectivity index (χ2n) is 5.47. The molecular formula is C14H20N2O2S. The van der Waals surface area contributed by atoms with Crippen molar-refractivity contribution in [2.45, 2.75) is 37.4 Å². The fraction of sp³-hybridized carbons (Fsp3) is 0.714. The quantitative estimate of drug-likeness (QED) is 0.900. The average molecular weight is 280 g/mol. The van der Waals surface area contributed by atoms with Crippen LogP contribution in [0.15, 0.2) is 18.6 Å². The van der Waals surface area contributed by atoms with E-state index in [1.54, 1.807) is 18.6 Å². The number of ether oxygens (including phenoxy) is 1. The Labute approximate surface area is 118 Å². The highest BCUT2D eigenvalue weighted by molar-refractivity contribution is 7.99. The largest absolute Gasteiger partial charge is 0.386 e. The Bertz CT molecular complexity index is 404. The Hall–Kier alpha value is -0.650. The van der Waals surface area contributed by atoms with Gasteiger partial charge in [-0.25, -0.2) is 0 Å². The van der Waals surface area contributed by atoms with Crippen LogP contribution in [0.1, 0.15) is 37.5 Å². The van der Waals surface area contributed by atoms with Gasteiger partial charge in [0, 0.05) is 19.0 Å². The summed E-state index contributed by atoms with van der Waals surface area (Å²) in [5.41, 5.74) is 0.701. The summed E-state index contributed by atoms with van der Waals surface area (Å²) >= 11 is 2.00. The van der Waals surface area contributed by atoms with Crippen molar-refractivity contribution in [3.05, 3.63) is 24.3 Å². The van der Waals surface area contributed by atoms with E-state index in [0.717, 1.165) is 32.3 Å². The molecule has 0 bridgehead atoms. The smallest absolute Gasteiger partial charge is 0.100 e. The van der Waals surface area contributed by atoms with Gasteiger partial charge in [0.15, 0.2) is 0 Å². The van der Waals surface area contributed by atoms with Crippen molar-refractivity contribution in [3.8, 4) is 0 Å². The molecule has 0 aliphatic carbocycles. The normalized spacial score (nSPS) is 28.2. The van der Waals surface area contributed by atoms with Gasteiger partial charge in [0.1, 0.15) is 6.10 Å². The number of rotatable bonds is 2. The van der Waals surface area contributed by atoms with Crippen molar-refractivity contribution in [2.75, 3.05) is 18.1 Å². The number of aliphatic hydroxyl groups is 1. The van der Waals surface area contributed by atoms with E-state index in [2.05, 4.69) is 9.97 Å². The molecule has 2 atom stereocenters. The highest BCUT2D eigenvalue weighted by Gasteiger charge is 2.41. The molecule has 0 aromatic carbocycles. The zero-order valence-electron chi connectivity index (χ0n) is 11.0. The molecule has 2 fully saturated rings. The van der Waals surface area contributed by atoms with Crippen molar-refractivity contribution in [1.29, 1.82) is 0 Å². The van der Waals surface area contributed by atoms with Crippen LogP contribution in [0.25, 0.3) is 0 Å². The molecule has 3 heterocycles. The molecule has 2 unspecified atom stereocenters. The van der Waals surface area contributed by atoms with Gasteiger partial charge in [-0.15, -0.1) is 0 Å². The Morgan fingerprint density at radius 1 is 1.37 bits per heavy atom. The van der Waals surface area contributed by atoms with Crippen LogP contribution in [-0.2, 0) is 4.74 Å². The third-order valence-corrected chi connectivity index (χ3v) is 5.25. The van der Waals surface area contributed by atoms with E-state index in [0.29, 0.717) is 5.69 Å². The molecule has 5 heteroatoms. The van der Waals surface area contributed by atoms with Crippen LogP contribution in [0.3, 0.4) is 0 Å². The summed E-state index contributed by atoms with van der Waals surface area (Å²) < 4.78 is 6.06. The van der Waals surface area contributed by atoms with Gasteiger partial charge in [-0.3, -0.25) is 9.97 Å². The third kappa shape index (κ3) is 2.93. The maximum absolute atomic E-state index is 10.5. The maximum Gasteiger partial charge on any atom is 0.100 e. The highest BCUT2D eigenvalue weighted by atomic mass is 32.2. The summed E-state index contributed by atoms with van der Waals surface area (Å²) in [5.74, 6) is 2.59. The number of thioether (sulfide) groups is 1. The van der Waals surface area contributed by atoms with Crippen LogP contribution >= 0.6 is 11.8 Å². The van der Waals surface area contributed by atoms with Crippen LogP contribution in [0.4, 0.5) is 0 Å². The van der Waals surface area contributed by atoms with Gasteiger partial charge in [-0.2, -0.15) is 11.8 Å². The van der Waals surface area contributed by atoms with Gasteiger partial charge in [0.05, 0.1) is 17.5 Å². The van der Waals surface area contributed by atoms with E-state index >= 15 is 0 Å². The lowest BCUT2D eigenvalue weighted by Crippen LogP contribution is -2.44. The fourth-order valence-electron chi connectivity index (χ4n) is 3.13. The second-order valence-corrected chi connectivity index (χ2v) is 6.70. The van der Waals surface area contributed by atoms with Crippen LogP contribution < -0.4 is 0 Å². The molecular weight excluding hydrogens is 260 g/mol. The lowest BCUT2D eigenvalue weighted by molar-refractivity contribution is -0.121.